The number of likely N-dealkylation sites (tertiary alicyclic amines) is 1. The van der Waals surface area contributed by atoms with Crippen molar-refractivity contribution in [2.75, 3.05) is 24.5 Å². The van der Waals surface area contributed by atoms with E-state index >= 15 is 0 Å². The number of pyridine rings is 1. The Bertz CT molecular complexity index is 766. The van der Waals surface area contributed by atoms with Crippen LogP contribution in [0.3, 0.4) is 0 Å². The highest BCUT2D eigenvalue weighted by atomic mass is 16.2. The minimum Gasteiger partial charge on any atom is -0.340 e. The SMILES string of the molecule is C[C@@H]1CN(C(=O)C2(C#N)CCCC2)C[C@]12CCN(c1cccnc1)C2=O. The van der Waals surface area contributed by atoms with Crippen LogP contribution in [0.4, 0.5) is 5.69 Å². The molecule has 4 rings (SSSR count). The summed E-state index contributed by atoms with van der Waals surface area (Å²) in [6.45, 7) is 3.72. The molecule has 2 aliphatic heterocycles. The molecule has 0 N–H and O–H groups in total. The van der Waals surface area contributed by atoms with Crippen molar-refractivity contribution < 1.29 is 9.59 Å². The minimum atomic E-state index is -0.865. The Kier molecular flexibility index (Phi) is 3.98. The molecule has 0 aromatic carbocycles. The number of nitriles is 1. The molecule has 26 heavy (non-hydrogen) atoms. The summed E-state index contributed by atoms with van der Waals surface area (Å²) in [4.78, 5) is 34.1. The van der Waals surface area contributed by atoms with Crippen molar-refractivity contribution in [3.8, 4) is 6.07 Å². The summed E-state index contributed by atoms with van der Waals surface area (Å²) in [5.41, 5.74) is -0.577. The zero-order valence-corrected chi connectivity index (χ0v) is 15.1. The minimum absolute atomic E-state index is 0.0612. The second-order valence-corrected chi connectivity index (χ2v) is 8.06. The molecule has 3 fully saturated rings. The number of amides is 2. The predicted octanol–water partition coefficient (Wildman–Crippen LogP) is 2.37. The third kappa shape index (κ3) is 2.33. The summed E-state index contributed by atoms with van der Waals surface area (Å²) in [5.74, 6) is 0.123. The Hall–Kier alpha value is -2.42. The number of aromatic nitrogens is 1. The molecular weight excluding hydrogens is 328 g/mol. The van der Waals surface area contributed by atoms with E-state index in [1.807, 2.05) is 12.1 Å². The van der Waals surface area contributed by atoms with E-state index in [1.54, 1.807) is 22.2 Å². The van der Waals surface area contributed by atoms with Gasteiger partial charge in [0.15, 0.2) is 0 Å². The van der Waals surface area contributed by atoms with Gasteiger partial charge in [-0.25, -0.2) is 0 Å². The average Bonchev–Trinajstić information content (AvgIpc) is 3.36. The van der Waals surface area contributed by atoms with Crippen LogP contribution in [0.1, 0.15) is 39.0 Å². The lowest BCUT2D eigenvalue weighted by atomic mass is 9.77. The maximum absolute atomic E-state index is 13.3. The van der Waals surface area contributed by atoms with E-state index in [9.17, 15) is 14.9 Å². The van der Waals surface area contributed by atoms with Gasteiger partial charge in [-0.3, -0.25) is 14.6 Å². The molecule has 1 aliphatic carbocycles. The molecule has 1 aromatic heterocycles. The Morgan fingerprint density at radius 1 is 1.35 bits per heavy atom. The van der Waals surface area contributed by atoms with Gasteiger partial charge in [0.05, 0.1) is 23.4 Å². The van der Waals surface area contributed by atoms with Gasteiger partial charge in [0.1, 0.15) is 5.41 Å². The summed E-state index contributed by atoms with van der Waals surface area (Å²) in [5, 5.41) is 9.63. The number of carbonyl (C=O) groups is 2. The summed E-state index contributed by atoms with van der Waals surface area (Å²) in [6, 6.07) is 6.03. The van der Waals surface area contributed by atoms with Crippen LogP contribution in [0.15, 0.2) is 24.5 Å². The van der Waals surface area contributed by atoms with Gasteiger partial charge in [-0.15, -0.1) is 0 Å². The van der Waals surface area contributed by atoms with Gasteiger partial charge in [-0.05, 0) is 37.3 Å². The fraction of sp³-hybridized carbons (Fsp3) is 0.600. The molecule has 2 amide bonds. The quantitative estimate of drug-likeness (QED) is 0.819. The zero-order valence-electron chi connectivity index (χ0n) is 15.1. The lowest BCUT2D eigenvalue weighted by Crippen LogP contribution is -2.43. The Labute approximate surface area is 153 Å². The van der Waals surface area contributed by atoms with Gasteiger partial charge in [0.25, 0.3) is 0 Å². The summed E-state index contributed by atoms with van der Waals surface area (Å²) in [6.07, 6.45) is 7.31. The second-order valence-electron chi connectivity index (χ2n) is 8.06. The van der Waals surface area contributed by atoms with Crippen molar-refractivity contribution in [1.29, 1.82) is 5.26 Å². The normalized spacial score (nSPS) is 30.2. The predicted molar refractivity (Wildman–Crippen MR) is 95.9 cm³/mol. The third-order valence-electron chi connectivity index (χ3n) is 6.69. The summed E-state index contributed by atoms with van der Waals surface area (Å²) < 4.78 is 0. The molecule has 6 heteroatoms. The van der Waals surface area contributed by atoms with Crippen LogP contribution in [0, 0.1) is 28.1 Å². The molecule has 2 saturated heterocycles. The van der Waals surface area contributed by atoms with Crippen LogP contribution in [-0.4, -0.2) is 41.3 Å². The van der Waals surface area contributed by atoms with Gasteiger partial charge in [0.2, 0.25) is 11.8 Å². The fourth-order valence-electron chi connectivity index (χ4n) is 5.03. The van der Waals surface area contributed by atoms with E-state index in [0.717, 1.165) is 24.9 Å². The van der Waals surface area contributed by atoms with E-state index in [2.05, 4.69) is 18.0 Å². The molecule has 2 atom stereocenters. The van der Waals surface area contributed by atoms with Crippen LogP contribution in [-0.2, 0) is 9.59 Å². The van der Waals surface area contributed by atoms with Gasteiger partial charge in [-0.2, -0.15) is 5.26 Å². The van der Waals surface area contributed by atoms with Gasteiger partial charge < -0.3 is 9.80 Å². The van der Waals surface area contributed by atoms with Crippen molar-refractivity contribution in [1.82, 2.24) is 9.88 Å². The van der Waals surface area contributed by atoms with E-state index in [0.29, 0.717) is 32.5 Å². The first-order valence-corrected chi connectivity index (χ1v) is 9.45. The van der Waals surface area contributed by atoms with Crippen LogP contribution < -0.4 is 4.90 Å². The molecule has 136 valence electrons. The van der Waals surface area contributed by atoms with Crippen molar-refractivity contribution >= 4 is 17.5 Å². The molecule has 6 nitrogen and oxygen atoms in total. The highest BCUT2D eigenvalue weighted by Gasteiger charge is 2.58. The average molecular weight is 352 g/mol. The first-order valence-electron chi connectivity index (χ1n) is 9.45. The highest BCUT2D eigenvalue weighted by Crippen LogP contribution is 2.48. The largest absolute Gasteiger partial charge is 0.340 e. The molecular formula is C20H24N4O2. The first-order chi connectivity index (χ1) is 12.5. The van der Waals surface area contributed by atoms with Crippen LogP contribution in [0.5, 0.6) is 0 Å². The molecule has 1 saturated carbocycles. The van der Waals surface area contributed by atoms with Gasteiger partial charge in [0, 0.05) is 25.8 Å². The number of carbonyl (C=O) groups excluding carboxylic acids is 2. The van der Waals surface area contributed by atoms with Crippen LogP contribution in [0.25, 0.3) is 0 Å². The maximum Gasteiger partial charge on any atom is 0.243 e. The van der Waals surface area contributed by atoms with Gasteiger partial charge >= 0.3 is 0 Å². The Morgan fingerprint density at radius 3 is 2.77 bits per heavy atom. The van der Waals surface area contributed by atoms with Crippen molar-refractivity contribution in [3.05, 3.63) is 24.5 Å². The number of nitrogens with zero attached hydrogens (tertiary/aromatic N) is 4. The van der Waals surface area contributed by atoms with Crippen molar-refractivity contribution in [3.63, 3.8) is 0 Å². The number of rotatable bonds is 2. The van der Waals surface area contributed by atoms with E-state index < -0.39 is 10.8 Å². The molecule has 0 bridgehead atoms. The zero-order chi connectivity index (χ0) is 18.4. The number of hydrogen-bond acceptors (Lipinski definition) is 4. The van der Waals surface area contributed by atoms with E-state index in [-0.39, 0.29) is 17.7 Å². The lowest BCUT2D eigenvalue weighted by Gasteiger charge is -2.28. The highest BCUT2D eigenvalue weighted by molar-refractivity contribution is 6.01. The molecule has 3 aliphatic rings. The molecule has 1 aromatic rings. The maximum atomic E-state index is 13.3. The summed E-state index contributed by atoms with van der Waals surface area (Å²) in [7, 11) is 0. The molecule has 0 radical (unpaired) electrons. The molecule has 3 heterocycles. The molecule has 0 unspecified atom stereocenters. The third-order valence-corrected chi connectivity index (χ3v) is 6.69. The van der Waals surface area contributed by atoms with Crippen LogP contribution in [0.2, 0.25) is 0 Å². The van der Waals surface area contributed by atoms with Crippen LogP contribution >= 0.6 is 0 Å². The smallest absolute Gasteiger partial charge is 0.243 e. The van der Waals surface area contributed by atoms with Gasteiger partial charge in [-0.1, -0.05) is 19.8 Å². The second kappa shape index (κ2) is 6.08. The monoisotopic (exact) mass is 352 g/mol. The number of anilines is 1. The van der Waals surface area contributed by atoms with Crippen molar-refractivity contribution in [2.45, 2.75) is 39.0 Å². The van der Waals surface area contributed by atoms with E-state index in [4.69, 9.17) is 0 Å². The topological polar surface area (TPSA) is 77.3 Å². The number of hydrogen-bond donors (Lipinski definition) is 0. The first kappa shape index (κ1) is 17.0. The Balaban J connectivity index is 1.57. The molecule has 1 spiro atoms. The Morgan fingerprint density at radius 2 is 2.12 bits per heavy atom. The fourth-order valence-corrected chi connectivity index (χ4v) is 5.03. The lowest BCUT2D eigenvalue weighted by molar-refractivity contribution is -0.138. The summed E-state index contributed by atoms with van der Waals surface area (Å²) >= 11 is 0. The van der Waals surface area contributed by atoms with Crippen molar-refractivity contribution in [2.24, 2.45) is 16.7 Å². The standard InChI is InChI=1S/C20H24N4O2/c1-15-12-23(17(25)19(13-21)6-2-3-7-19)14-20(15)8-10-24(18(20)26)16-5-4-9-22-11-16/h4-5,9,11,15H,2-3,6-8,10,12,14H2,1H3/t15-,20-/m1/s1. The van der Waals surface area contributed by atoms with E-state index in [1.165, 1.54) is 0 Å².